The molecule has 0 heterocycles. The van der Waals surface area contributed by atoms with Crippen LogP contribution >= 0.6 is 0 Å². The van der Waals surface area contributed by atoms with E-state index in [1.165, 1.54) is 0 Å². The minimum absolute atomic E-state index is 0.208. The Labute approximate surface area is 44.4 Å². The summed E-state index contributed by atoms with van der Waals surface area (Å²) < 4.78 is 0. The summed E-state index contributed by atoms with van der Waals surface area (Å²) in [6.07, 6.45) is 0. The number of hydrogen-bond donors (Lipinski definition) is 0. The van der Waals surface area contributed by atoms with Gasteiger partial charge in [0.1, 0.15) is 0 Å². The summed E-state index contributed by atoms with van der Waals surface area (Å²) in [5.41, 5.74) is 0. The van der Waals surface area contributed by atoms with Gasteiger partial charge in [-0.2, -0.15) is 5.26 Å². The Morgan fingerprint density at radius 2 is 2.14 bits per heavy atom. The van der Waals surface area contributed by atoms with Crippen molar-refractivity contribution in [3.8, 4) is 6.07 Å². The van der Waals surface area contributed by atoms with Crippen LogP contribution in [0.15, 0.2) is 0 Å². The molecule has 2 nitrogen and oxygen atoms in total. The minimum Gasteiger partial charge on any atom is -0.294 e. The molecule has 0 spiro atoms. The second kappa shape index (κ2) is 2.59. The summed E-state index contributed by atoms with van der Waals surface area (Å²) in [5, 5.41) is 8.15. The minimum atomic E-state index is -0.208. The molecule has 0 saturated carbocycles. The monoisotopic (exact) mass is 97.1 g/mol. The van der Waals surface area contributed by atoms with E-state index in [0.29, 0.717) is 0 Å². The topological polar surface area (TPSA) is 27.0 Å². The third-order valence-corrected chi connectivity index (χ3v) is 0.772. The highest BCUT2D eigenvalue weighted by atomic mass is 15.1. The molecule has 0 aromatic carbocycles. The van der Waals surface area contributed by atoms with E-state index in [9.17, 15) is 0 Å². The molecule has 0 saturated heterocycles. The first kappa shape index (κ1) is 6.45. The van der Waals surface area contributed by atoms with Crippen molar-refractivity contribution in [2.75, 3.05) is 14.1 Å². The first-order chi connectivity index (χ1) is 3.18. The van der Waals surface area contributed by atoms with Crippen LogP contribution in [0.4, 0.5) is 0 Å². The van der Waals surface area contributed by atoms with E-state index in [1.807, 2.05) is 20.2 Å². The molecular weight excluding hydrogens is 88.1 g/mol. The molecule has 0 amide bonds. The van der Waals surface area contributed by atoms with Crippen molar-refractivity contribution in [1.82, 2.24) is 4.90 Å². The van der Waals surface area contributed by atoms with Crippen LogP contribution in [-0.4, -0.2) is 25.0 Å². The normalized spacial score (nSPS) is 13.6. The molecule has 0 aliphatic rings. The molecule has 1 unspecified atom stereocenters. The molecule has 1 atom stereocenters. The Balaban J connectivity index is 3.40. The van der Waals surface area contributed by atoms with Gasteiger partial charge in [-0.3, -0.25) is 4.90 Å². The molecule has 0 aliphatic heterocycles. The van der Waals surface area contributed by atoms with Crippen LogP contribution in [0.2, 0.25) is 0 Å². The summed E-state index contributed by atoms with van der Waals surface area (Å²) in [4.78, 5) is 1.75. The second-order valence-electron chi connectivity index (χ2n) is 1.61. The van der Waals surface area contributed by atoms with E-state index in [1.54, 1.807) is 4.90 Å². The van der Waals surface area contributed by atoms with E-state index in [2.05, 4.69) is 6.92 Å². The lowest BCUT2D eigenvalue weighted by Gasteiger charge is -2.09. The van der Waals surface area contributed by atoms with Crippen molar-refractivity contribution in [3.63, 3.8) is 0 Å². The Morgan fingerprint density at radius 1 is 1.71 bits per heavy atom. The highest BCUT2D eigenvalue weighted by Gasteiger charge is 1.97. The number of nitrogens with zero attached hydrogens (tertiary/aromatic N) is 2. The largest absolute Gasteiger partial charge is 0.294 e. The maximum Gasteiger partial charge on any atom is 0.0973 e. The number of hydrogen-bond acceptors (Lipinski definition) is 2. The molecule has 0 bridgehead atoms. The number of rotatable bonds is 1. The van der Waals surface area contributed by atoms with Crippen LogP contribution in [-0.2, 0) is 0 Å². The third kappa shape index (κ3) is 2.18. The van der Waals surface area contributed by atoms with Gasteiger partial charge >= 0.3 is 0 Å². The summed E-state index contributed by atoms with van der Waals surface area (Å²) >= 11 is 0. The average Bonchev–Trinajstić information content (AvgIpc) is 1.65. The van der Waals surface area contributed by atoms with Gasteiger partial charge in [0.25, 0.3) is 0 Å². The molecule has 0 aliphatic carbocycles. The quantitative estimate of drug-likeness (QED) is 0.469. The zero-order valence-electron chi connectivity index (χ0n) is 4.68. The maximum absolute atomic E-state index is 8.15. The standard InChI is InChI=1S/C5H9N2/c1-5(4-6)7(2)3/h5H,1H2,2-3H3. The van der Waals surface area contributed by atoms with E-state index >= 15 is 0 Å². The number of nitriles is 1. The van der Waals surface area contributed by atoms with Crippen molar-refractivity contribution in [2.45, 2.75) is 6.04 Å². The van der Waals surface area contributed by atoms with Crippen LogP contribution in [0, 0.1) is 18.3 Å². The van der Waals surface area contributed by atoms with Gasteiger partial charge in [-0.15, -0.1) is 0 Å². The lowest BCUT2D eigenvalue weighted by atomic mass is 10.4. The van der Waals surface area contributed by atoms with Crippen LogP contribution in [0.1, 0.15) is 0 Å². The molecule has 0 aromatic rings. The van der Waals surface area contributed by atoms with Crippen LogP contribution in [0.3, 0.4) is 0 Å². The fourth-order valence-corrected chi connectivity index (χ4v) is 0.115. The molecule has 0 fully saturated rings. The third-order valence-electron chi connectivity index (χ3n) is 0.772. The SMILES string of the molecule is [CH2]C(C#N)N(C)C. The first-order valence-corrected chi connectivity index (χ1v) is 2.07. The smallest absolute Gasteiger partial charge is 0.0973 e. The predicted molar refractivity (Wildman–Crippen MR) is 28.4 cm³/mol. The van der Waals surface area contributed by atoms with Gasteiger partial charge in [-0.25, -0.2) is 0 Å². The van der Waals surface area contributed by atoms with Crippen molar-refractivity contribution in [2.24, 2.45) is 0 Å². The van der Waals surface area contributed by atoms with Gasteiger partial charge in [-0.1, -0.05) is 0 Å². The van der Waals surface area contributed by atoms with Crippen LogP contribution in [0.5, 0.6) is 0 Å². The van der Waals surface area contributed by atoms with Gasteiger partial charge < -0.3 is 0 Å². The van der Waals surface area contributed by atoms with E-state index < -0.39 is 0 Å². The highest BCUT2D eigenvalue weighted by molar-refractivity contribution is 4.90. The fourth-order valence-electron chi connectivity index (χ4n) is 0.115. The Hall–Kier alpha value is -0.550. The zero-order chi connectivity index (χ0) is 5.86. The summed E-state index contributed by atoms with van der Waals surface area (Å²) in [6.45, 7) is 3.52. The molecule has 39 valence electrons. The van der Waals surface area contributed by atoms with Crippen molar-refractivity contribution in [3.05, 3.63) is 6.92 Å². The zero-order valence-corrected chi connectivity index (χ0v) is 4.68. The lowest BCUT2D eigenvalue weighted by Crippen LogP contribution is -2.22. The van der Waals surface area contributed by atoms with Gasteiger partial charge in [0, 0.05) is 0 Å². The van der Waals surface area contributed by atoms with E-state index in [4.69, 9.17) is 5.26 Å². The fraction of sp³-hybridized carbons (Fsp3) is 0.600. The van der Waals surface area contributed by atoms with Crippen molar-refractivity contribution >= 4 is 0 Å². The molecule has 0 rings (SSSR count). The van der Waals surface area contributed by atoms with E-state index in [-0.39, 0.29) is 6.04 Å². The van der Waals surface area contributed by atoms with Crippen molar-refractivity contribution in [1.29, 1.82) is 5.26 Å². The summed E-state index contributed by atoms with van der Waals surface area (Å²) in [5.74, 6) is 0. The summed E-state index contributed by atoms with van der Waals surface area (Å²) in [7, 11) is 3.64. The predicted octanol–water partition coefficient (Wildman–Crippen LogP) is 0.274. The van der Waals surface area contributed by atoms with Crippen LogP contribution in [0.25, 0.3) is 0 Å². The molecular formula is C5H9N2. The molecule has 7 heavy (non-hydrogen) atoms. The van der Waals surface area contributed by atoms with E-state index in [0.717, 1.165) is 0 Å². The molecule has 0 aromatic heterocycles. The summed E-state index contributed by atoms with van der Waals surface area (Å²) in [6, 6.07) is 1.77. The second-order valence-corrected chi connectivity index (χ2v) is 1.61. The Bertz CT molecular complexity index is 80.6. The average molecular weight is 97.1 g/mol. The van der Waals surface area contributed by atoms with Gasteiger partial charge in [-0.05, 0) is 21.0 Å². The van der Waals surface area contributed by atoms with Gasteiger partial charge in [0.2, 0.25) is 0 Å². The maximum atomic E-state index is 8.15. The molecule has 2 heteroatoms. The Morgan fingerprint density at radius 3 is 2.14 bits per heavy atom. The highest BCUT2D eigenvalue weighted by Crippen LogP contribution is 1.83. The molecule has 0 N–H and O–H groups in total. The Kier molecular flexibility index (Phi) is 2.39. The van der Waals surface area contributed by atoms with Gasteiger partial charge in [0.05, 0.1) is 12.1 Å². The van der Waals surface area contributed by atoms with Crippen molar-refractivity contribution < 1.29 is 0 Å². The lowest BCUT2D eigenvalue weighted by molar-refractivity contribution is 0.396. The molecule has 1 radical (unpaired) electrons. The van der Waals surface area contributed by atoms with Crippen LogP contribution < -0.4 is 0 Å². The first-order valence-electron chi connectivity index (χ1n) is 2.07. The van der Waals surface area contributed by atoms with Gasteiger partial charge in [0.15, 0.2) is 0 Å².